The number of halogens is 2. The summed E-state index contributed by atoms with van der Waals surface area (Å²) in [5, 5.41) is 10.7. The second-order valence-electron chi connectivity index (χ2n) is 4.02. The van der Waals surface area contributed by atoms with Gasteiger partial charge < -0.3 is 0 Å². The Morgan fingerprint density at radius 1 is 1.09 bits per heavy atom. The van der Waals surface area contributed by atoms with E-state index in [1.54, 1.807) is 24.3 Å². The SMILES string of the molecule is O=S(=O)(c1ccccc1)N(Cl)c1nnc(-c2sccc2Cl)s1. The summed E-state index contributed by atoms with van der Waals surface area (Å²) in [5.74, 6) is 0. The summed E-state index contributed by atoms with van der Waals surface area (Å²) in [4.78, 5) is 0.809. The zero-order chi connectivity index (χ0) is 15.7. The topological polar surface area (TPSA) is 63.2 Å². The van der Waals surface area contributed by atoms with Crippen molar-refractivity contribution >= 4 is 61.2 Å². The average molecular weight is 392 g/mol. The second kappa shape index (κ2) is 6.13. The maximum atomic E-state index is 12.4. The number of aromatic nitrogens is 2. The van der Waals surface area contributed by atoms with Gasteiger partial charge in [-0.05, 0) is 23.6 Å². The summed E-state index contributed by atoms with van der Waals surface area (Å²) in [6, 6.07) is 9.62. The van der Waals surface area contributed by atoms with Crippen molar-refractivity contribution in [3.63, 3.8) is 0 Å². The summed E-state index contributed by atoms with van der Waals surface area (Å²) >= 11 is 14.5. The number of hydrogen-bond donors (Lipinski definition) is 0. The molecular formula is C12H7Cl2N3O2S3. The van der Waals surface area contributed by atoms with E-state index in [0.29, 0.717) is 13.9 Å². The molecule has 22 heavy (non-hydrogen) atoms. The lowest BCUT2D eigenvalue weighted by Gasteiger charge is -2.11. The largest absolute Gasteiger partial charge is 0.280 e. The van der Waals surface area contributed by atoms with Gasteiger partial charge in [0.05, 0.1) is 14.8 Å². The predicted octanol–water partition coefficient (Wildman–Crippen LogP) is 4.27. The van der Waals surface area contributed by atoms with Crippen molar-refractivity contribution in [3.8, 4) is 9.88 Å². The van der Waals surface area contributed by atoms with Crippen LogP contribution in [-0.2, 0) is 10.0 Å². The van der Waals surface area contributed by atoms with Crippen molar-refractivity contribution in [2.24, 2.45) is 0 Å². The van der Waals surface area contributed by atoms with Gasteiger partial charge in [0, 0.05) is 11.8 Å². The number of hydrogen-bond acceptors (Lipinski definition) is 6. The zero-order valence-corrected chi connectivity index (χ0v) is 14.6. The predicted molar refractivity (Wildman–Crippen MR) is 90.2 cm³/mol. The molecule has 0 aliphatic carbocycles. The summed E-state index contributed by atoms with van der Waals surface area (Å²) < 4.78 is 25.4. The van der Waals surface area contributed by atoms with E-state index in [9.17, 15) is 8.42 Å². The van der Waals surface area contributed by atoms with Gasteiger partial charge in [0.25, 0.3) is 10.0 Å². The zero-order valence-electron chi connectivity index (χ0n) is 10.7. The Labute approximate surface area is 144 Å². The lowest BCUT2D eigenvalue weighted by molar-refractivity contribution is 0.598. The Balaban J connectivity index is 1.95. The molecule has 0 unspecified atom stereocenters. The van der Waals surface area contributed by atoms with Crippen LogP contribution < -0.4 is 3.82 Å². The smallest absolute Gasteiger partial charge is 0.200 e. The van der Waals surface area contributed by atoms with Crippen LogP contribution in [-0.4, -0.2) is 18.6 Å². The Bertz CT molecular complexity index is 893. The third-order valence-electron chi connectivity index (χ3n) is 2.63. The first-order chi connectivity index (χ1) is 10.5. The number of benzene rings is 1. The van der Waals surface area contributed by atoms with Crippen molar-refractivity contribution < 1.29 is 8.42 Å². The number of thiophene rings is 1. The van der Waals surface area contributed by atoms with Gasteiger partial charge in [-0.25, -0.2) is 0 Å². The van der Waals surface area contributed by atoms with Gasteiger partial charge in [-0.1, -0.05) is 41.1 Å². The molecule has 0 atom stereocenters. The molecule has 0 amide bonds. The molecule has 1 aromatic carbocycles. The minimum atomic E-state index is -3.88. The molecule has 0 N–H and O–H groups in total. The molecule has 5 nitrogen and oxygen atoms in total. The van der Waals surface area contributed by atoms with Crippen molar-refractivity contribution in [1.82, 2.24) is 10.2 Å². The van der Waals surface area contributed by atoms with Crippen molar-refractivity contribution in [2.75, 3.05) is 3.82 Å². The van der Waals surface area contributed by atoms with Crippen LogP contribution in [0, 0.1) is 0 Å². The first-order valence-corrected chi connectivity index (χ1v) is 9.68. The summed E-state index contributed by atoms with van der Waals surface area (Å²) in [5.41, 5.74) is 0. The molecule has 114 valence electrons. The van der Waals surface area contributed by atoms with Crippen molar-refractivity contribution in [1.29, 1.82) is 0 Å². The highest BCUT2D eigenvalue weighted by Crippen LogP contribution is 2.38. The minimum absolute atomic E-state index is 0.0602. The monoisotopic (exact) mass is 391 g/mol. The van der Waals surface area contributed by atoms with E-state index in [1.807, 2.05) is 5.38 Å². The molecule has 0 aliphatic heterocycles. The molecular weight excluding hydrogens is 385 g/mol. The Morgan fingerprint density at radius 3 is 2.45 bits per heavy atom. The maximum absolute atomic E-state index is 12.4. The van der Waals surface area contributed by atoms with Gasteiger partial charge in [0.2, 0.25) is 5.13 Å². The Hall–Kier alpha value is -1.19. The second-order valence-corrected chi connectivity index (χ2v) is 8.62. The average Bonchev–Trinajstić information content (AvgIpc) is 3.16. The van der Waals surface area contributed by atoms with Gasteiger partial charge in [-0.15, -0.1) is 25.4 Å². The fourth-order valence-corrected chi connectivity index (χ4v) is 5.28. The van der Waals surface area contributed by atoms with Gasteiger partial charge in [-0.3, -0.25) is 0 Å². The van der Waals surface area contributed by atoms with Crippen LogP contribution in [0.25, 0.3) is 9.88 Å². The van der Waals surface area contributed by atoms with Crippen LogP contribution in [0.1, 0.15) is 0 Å². The molecule has 3 aromatic rings. The van der Waals surface area contributed by atoms with Crippen LogP contribution in [0.15, 0.2) is 46.7 Å². The van der Waals surface area contributed by atoms with Crippen molar-refractivity contribution in [2.45, 2.75) is 4.90 Å². The standard InChI is InChI=1S/C12H7Cl2N3O2S3/c13-9-6-7-20-10(9)11-15-16-12(21-11)17(14)22(18,19)8-4-2-1-3-5-8/h1-7H. The van der Waals surface area contributed by atoms with Crippen LogP contribution in [0.3, 0.4) is 0 Å². The molecule has 0 radical (unpaired) electrons. The summed E-state index contributed by atoms with van der Waals surface area (Å²) in [6.45, 7) is 0. The first kappa shape index (κ1) is 15.7. The molecule has 0 saturated heterocycles. The molecule has 2 heterocycles. The number of sulfonamides is 1. The fraction of sp³-hybridized carbons (Fsp3) is 0. The van der Waals surface area contributed by atoms with E-state index in [0.717, 1.165) is 16.2 Å². The molecule has 0 aliphatic rings. The van der Waals surface area contributed by atoms with Crippen molar-refractivity contribution in [3.05, 3.63) is 46.8 Å². The molecule has 3 rings (SSSR count). The molecule has 2 aromatic heterocycles. The number of rotatable bonds is 4. The van der Waals surface area contributed by atoms with Gasteiger partial charge in [0.1, 0.15) is 0 Å². The highest BCUT2D eigenvalue weighted by Gasteiger charge is 2.27. The fourth-order valence-electron chi connectivity index (χ4n) is 1.61. The highest BCUT2D eigenvalue weighted by molar-refractivity contribution is 7.94. The Kier molecular flexibility index (Phi) is 4.37. The maximum Gasteiger partial charge on any atom is 0.280 e. The molecule has 10 heteroatoms. The van der Waals surface area contributed by atoms with Gasteiger partial charge in [0.15, 0.2) is 5.01 Å². The number of anilines is 1. The van der Waals surface area contributed by atoms with E-state index in [-0.39, 0.29) is 10.0 Å². The van der Waals surface area contributed by atoms with E-state index >= 15 is 0 Å². The lowest BCUT2D eigenvalue weighted by Crippen LogP contribution is -2.21. The highest BCUT2D eigenvalue weighted by atomic mass is 35.5. The third kappa shape index (κ3) is 2.84. The van der Waals surface area contributed by atoms with Gasteiger partial charge >= 0.3 is 0 Å². The van der Waals surface area contributed by atoms with Crippen LogP contribution in [0.2, 0.25) is 5.02 Å². The normalized spacial score (nSPS) is 11.5. The molecule has 0 spiro atoms. The molecule has 0 fully saturated rings. The minimum Gasteiger partial charge on any atom is -0.200 e. The van der Waals surface area contributed by atoms with Crippen LogP contribution >= 0.6 is 46.1 Å². The third-order valence-corrected chi connectivity index (χ3v) is 7.42. The first-order valence-electron chi connectivity index (χ1n) is 5.83. The lowest BCUT2D eigenvalue weighted by atomic mass is 10.4. The number of nitrogens with zero attached hydrogens (tertiary/aromatic N) is 3. The van der Waals surface area contributed by atoms with Gasteiger partial charge in [-0.2, -0.15) is 8.42 Å². The Morgan fingerprint density at radius 2 is 1.82 bits per heavy atom. The van der Waals surface area contributed by atoms with Crippen LogP contribution in [0.5, 0.6) is 0 Å². The molecule has 0 saturated carbocycles. The quantitative estimate of drug-likeness (QED) is 0.622. The van der Waals surface area contributed by atoms with E-state index in [1.165, 1.54) is 23.5 Å². The van der Waals surface area contributed by atoms with E-state index < -0.39 is 10.0 Å². The van der Waals surface area contributed by atoms with Crippen LogP contribution in [0.4, 0.5) is 5.13 Å². The molecule has 0 bridgehead atoms. The van der Waals surface area contributed by atoms with E-state index in [4.69, 9.17) is 23.4 Å². The summed E-state index contributed by atoms with van der Waals surface area (Å²) in [6.07, 6.45) is 0. The van der Waals surface area contributed by atoms with E-state index in [2.05, 4.69) is 10.2 Å². The summed E-state index contributed by atoms with van der Waals surface area (Å²) in [7, 11) is -3.88.